The molecule has 0 bridgehead atoms. The molecule has 0 heterocycles. The van der Waals surface area contributed by atoms with E-state index in [4.69, 9.17) is 0 Å². The molecule has 0 aromatic rings. The fraction of sp³-hybridized carbons (Fsp3) is 0.308. The van der Waals surface area contributed by atoms with E-state index in [9.17, 15) is 4.79 Å². The van der Waals surface area contributed by atoms with E-state index in [-0.39, 0.29) is 5.91 Å². The third-order valence-electron chi connectivity index (χ3n) is 2.06. The van der Waals surface area contributed by atoms with E-state index in [1.807, 2.05) is 19.9 Å². The molecule has 0 radical (unpaired) electrons. The lowest BCUT2D eigenvalue weighted by Crippen LogP contribution is -2.36. The average Bonchev–Trinajstić information content (AvgIpc) is 2.12. The lowest BCUT2D eigenvalue weighted by molar-refractivity contribution is -0.117. The minimum Gasteiger partial charge on any atom is -0.302 e. The van der Waals surface area contributed by atoms with Crippen LogP contribution in [0.5, 0.6) is 0 Å². The molecule has 86 valence electrons. The molecule has 0 aliphatic heterocycles. The molecule has 0 fully saturated rings. The van der Waals surface area contributed by atoms with Gasteiger partial charge in [0.15, 0.2) is 0 Å². The Morgan fingerprint density at radius 3 is 2.62 bits per heavy atom. The van der Waals surface area contributed by atoms with Gasteiger partial charge in [-0.1, -0.05) is 24.3 Å². The van der Waals surface area contributed by atoms with Crippen molar-refractivity contribution in [2.24, 2.45) is 0 Å². The molecule has 3 heteroatoms. The summed E-state index contributed by atoms with van der Waals surface area (Å²) in [5.74, 6) is -0.150. The fourth-order valence-corrected chi connectivity index (χ4v) is 1.52. The maximum atomic E-state index is 11.3. The second-order valence-corrected chi connectivity index (χ2v) is 4.27. The highest BCUT2D eigenvalue weighted by molar-refractivity contribution is 5.87. The number of rotatable bonds is 3. The lowest BCUT2D eigenvalue weighted by atomic mass is 9.97. The fourth-order valence-electron chi connectivity index (χ4n) is 1.52. The van der Waals surface area contributed by atoms with Crippen molar-refractivity contribution in [1.82, 2.24) is 10.9 Å². The smallest absolute Gasteiger partial charge is 0.262 e. The van der Waals surface area contributed by atoms with Crippen molar-refractivity contribution in [2.45, 2.75) is 26.7 Å². The van der Waals surface area contributed by atoms with Gasteiger partial charge in [0, 0.05) is 18.2 Å². The third kappa shape index (κ3) is 4.17. The Balaban J connectivity index is 2.50. The predicted octanol–water partition coefficient (Wildman–Crippen LogP) is 2.36. The van der Waals surface area contributed by atoms with Crippen molar-refractivity contribution < 1.29 is 4.79 Å². The summed E-state index contributed by atoms with van der Waals surface area (Å²) in [5, 5.41) is 0. The minimum absolute atomic E-state index is 0.150. The minimum atomic E-state index is -0.150. The van der Waals surface area contributed by atoms with Crippen LogP contribution in [0.2, 0.25) is 0 Å². The molecule has 1 amide bonds. The SMILES string of the molecule is C=C1C=C(NNC(=O)C=C(C)C)CC(=C)C1. The predicted molar refractivity (Wildman–Crippen MR) is 66.3 cm³/mol. The highest BCUT2D eigenvalue weighted by Gasteiger charge is 2.09. The first-order chi connectivity index (χ1) is 7.47. The molecule has 1 rings (SSSR count). The normalized spacial score (nSPS) is 15.2. The molecule has 0 saturated carbocycles. The van der Waals surface area contributed by atoms with Gasteiger partial charge in [-0.05, 0) is 31.9 Å². The molecule has 1 aliphatic rings. The molecule has 1 aliphatic carbocycles. The summed E-state index contributed by atoms with van der Waals surface area (Å²) in [6, 6.07) is 0. The van der Waals surface area contributed by atoms with Crippen LogP contribution in [0.25, 0.3) is 0 Å². The van der Waals surface area contributed by atoms with Crippen molar-refractivity contribution >= 4 is 5.91 Å². The number of carbonyl (C=O) groups excluding carboxylic acids is 1. The van der Waals surface area contributed by atoms with Crippen LogP contribution in [0, 0.1) is 0 Å². The molecule has 0 aromatic carbocycles. The second-order valence-electron chi connectivity index (χ2n) is 4.27. The van der Waals surface area contributed by atoms with Gasteiger partial charge in [-0.25, -0.2) is 0 Å². The van der Waals surface area contributed by atoms with E-state index < -0.39 is 0 Å². The standard InChI is InChI=1S/C13H18N2O/c1-9(2)5-13(16)15-14-12-7-10(3)6-11(4)8-12/h5,7,14H,3-4,6,8H2,1-2H3,(H,15,16). The summed E-state index contributed by atoms with van der Waals surface area (Å²) >= 11 is 0. The second kappa shape index (κ2) is 5.35. The van der Waals surface area contributed by atoms with Crippen LogP contribution < -0.4 is 10.9 Å². The summed E-state index contributed by atoms with van der Waals surface area (Å²) < 4.78 is 0. The topological polar surface area (TPSA) is 41.1 Å². The van der Waals surface area contributed by atoms with Crippen LogP contribution in [-0.4, -0.2) is 5.91 Å². The lowest BCUT2D eigenvalue weighted by Gasteiger charge is -2.18. The summed E-state index contributed by atoms with van der Waals surface area (Å²) in [4.78, 5) is 11.3. The average molecular weight is 218 g/mol. The van der Waals surface area contributed by atoms with Crippen molar-refractivity contribution in [3.8, 4) is 0 Å². The zero-order valence-electron chi connectivity index (χ0n) is 9.89. The van der Waals surface area contributed by atoms with Gasteiger partial charge in [0.05, 0.1) is 0 Å². The number of hydrazine groups is 1. The monoisotopic (exact) mass is 218 g/mol. The summed E-state index contributed by atoms with van der Waals surface area (Å²) in [6.45, 7) is 11.6. The zero-order chi connectivity index (χ0) is 12.1. The largest absolute Gasteiger partial charge is 0.302 e. The van der Waals surface area contributed by atoms with Crippen LogP contribution >= 0.6 is 0 Å². The van der Waals surface area contributed by atoms with E-state index in [2.05, 4.69) is 24.0 Å². The Labute approximate surface area is 96.6 Å². The Morgan fingerprint density at radius 2 is 2.06 bits per heavy atom. The highest BCUT2D eigenvalue weighted by Crippen LogP contribution is 2.22. The molecular formula is C13H18N2O. The Kier molecular flexibility index (Phi) is 4.11. The van der Waals surface area contributed by atoms with Gasteiger partial charge in [0.2, 0.25) is 0 Å². The Morgan fingerprint density at radius 1 is 1.38 bits per heavy atom. The molecule has 0 saturated heterocycles. The van der Waals surface area contributed by atoms with Crippen LogP contribution in [0.3, 0.4) is 0 Å². The summed E-state index contributed by atoms with van der Waals surface area (Å²) in [6.07, 6.45) is 5.08. The van der Waals surface area contributed by atoms with E-state index in [0.717, 1.165) is 35.3 Å². The number of allylic oxidation sites excluding steroid dienone is 4. The first-order valence-corrected chi connectivity index (χ1v) is 5.23. The third-order valence-corrected chi connectivity index (χ3v) is 2.06. The van der Waals surface area contributed by atoms with E-state index in [0.29, 0.717) is 0 Å². The van der Waals surface area contributed by atoms with Gasteiger partial charge >= 0.3 is 0 Å². The molecular weight excluding hydrogens is 200 g/mol. The van der Waals surface area contributed by atoms with E-state index in [1.54, 1.807) is 6.08 Å². The molecule has 0 spiro atoms. The molecule has 0 atom stereocenters. The Hall–Kier alpha value is -1.77. The van der Waals surface area contributed by atoms with E-state index >= 15 is 0 Å². The first kappa shape index (κ1) is 12.3. The van der Waals surface area contributed by atoms with E-state index in [1.165, 1.54) is 0 Å². The Bertz CT molecular complexity index is 385. The number of carbonyl (C=O) groups is 1. The van der Waals surface area contributed by atoms with Crippen molar-refractivity contribution in [3.05, 3.63) is 47.7 Å². The highest BCUT2D eigenvalue weighted by atomic mass is 16.2. The quantitative estimate of drug-likeness (QED) is 0.434. The number of nitrogens with one attached hydrogen (secondary N) is 2. The van der Waals surface area contributed by atoms with Gasteiger partial charge < -0.3 is 5.43 Å². The number of hydrogen-bond acceptors (Lipinski definition) is 2. The molecule has 16 heavy (non-hydrogen) atoms. The molecule has 0 aromatic heterocycles. The number of hydrogen-bond donors (Lipinski definition) is 2. The van der Waals surface area contributed by atoms with Crippen molar-refractivity contribution in [2.75, 3.05) is 0 Å². The van der Waals surface area contributed by atoms with Crippen molar-refractivity contribution in [1.29, 1.82) is 0 Å². The van der Waals surface area contributed by atoms with Crippen LogP contribution in [0.15, 0.2) is 47.7 Å². The van der Waals surface area contributed by atoms with Crippen LogP contribution in [-0.2, 0) is 4.79 Å². The summed E-state index contributed by atoms with van der Waals surface area (Å²) in [5.41, 5.74) is 9.50. The molecule has 3 nitrogen and oxygen atoms in total. The maximum absolute atomic E-state index is 11.3. The van der Waals surface area contributed by atoms with Gasteiger partial charge in [0.25, 0.3) is 5.91 Å². The van der Waals surface area contributed by atoms with Gasteiger partial charge in [-0.15, -0.1) is 0 Å². The molecule has 2 N–H and O–H groups in total. The van der Waals surface area contributed by atoms with Gasteiger partial charge in [0.1, 0.15) is 0 Å². The van der Waals surface area contributed by atoms with Gasteiger partial charge in [-0.2, -0.15) is 0 Å². The number of amides is 1. The maximum Gasteiger partial charge on any atom is 0.262 e. The zero-order valence-corrected chi connectivity index (χ0v) is 9.89. The molecule has 0 unspecified atom stereocenters. The van der Waals surface area contributed by atoms with Crippen molar-refractivity contribution in [3.63, 3.8) is 0 Å². The van der Waals surface area contributed by atoms with Crippen LogP contribution in [0.1, 0.15) is 26.7 Å². The first-order valence-electron chi connectivity index (χ1n) is 5.23. The van der Waals surface area contributed by atoms with Crippen LogP contribution in [0.4, 0.5) is 0 Å². The summed E-state index contributed by atoms with van der Waals surface area (Å²) in [7, 11) is 0. The van der Waals surface area contributed by atoms with Gasteiger partial charge in [-0.3, -0.25) is 10.2 Å².